The lowest BCUT2D eigenvalue weighted by molar-refractivity contribution is -0.138. The lowest BCUT2D eigenvalue weighted by Gasteiger charge is -2.25. The van der Waals surface area contributed by atoms with Gasteiger partial charge in [-0.3, -0.25) is 15.0 Å². The molecule has 3 rings (SSSR count). The van der Waals surface area contributed by atoms with Crippen molar-refractivity contribution >= 4 is 29.6 Å². The third-order valence-electron chi connectivity index (χ3n) is 5.22. The van der Waals surface area contributed by atoms with Crippen molar-refractivity contribution in [3.05, 3.63) is 65.7 Å². The van der Waals surface area contributed by atoms with E-state index in [0.29, 0.717) is 12.0 Å². The topological polar surface area (TPSA) is 78.5 Å². The van der Waals surface area contributed by atoms with Gasteiger partial charge in [-0.15, -0.1) is 11.8 Å². The molecule has 0 spiro atoms. The Balaban J connectivity index is 1.64. The third-order valence-corrected chi connectivity index (χ3v) is 6.23. The molecule has 0 radical (unpaired) electrons. The summed E-state index contributed by atoms with van der Waals surface area (Å²) in [7, 11) is 0. The standard InChI is InChI=1S/C23H27N3O3S/c1-5-23(17-9-7-6-8-10-17)20(28)26(21(29)24-23)25-19(27)15-30-18-13-11-16(12-14-18)22(2,3)4/h6-14H,5,15H2,1-4H3,(H,24,29)(H,25,27)/t23-/m1/s1. The number of imide groups is 1. The summed E-state index contributed by atoms with van der Waals surface area (Å²) in [5.41, 5.74) is 3.26. The highest BCUT2D eigenvalue weighted by Gasteiger charge is 2.52. The van der Waals surface area contributed by atoms with Gasteiger partial charge in [0.2, 0.25) is 5.91 Å². The van der Waals surface area contributed by atoms with E-state index >= 15 is 0 Å². The van der Waals surface area contributed by atoms with Crippen LogP contribution >= 0.6 is 11.8 Å². The van der Waals surface area contributed by atoms with Crippen LogP contribution in [0.1, 0.15) is 45.2 Å². The highest BCUT2D eigenvalue weighted by atomic mass is 32.2. The summed E-state index contributed by atoms with van der Waals surface area (Å²) in [6, 6.07) is 16.5. The third kappa shape index (κ3) is 4.36. The van der Waals surface area contributed by atoms with Gasteiger partial charge in [0.05, 0.1) is 5.75 Å². The summed E-state index contributed by atoms with van der Waals surface area (Å²) in [6.45, 7) is 8.26. The average molecular weight is 426 g/mol. The molecule has 0 aromatic heterocycles. The Kier molecular flexibility index (Phi) is 6.22. The molecule has 2 aromatic carbocycles. The zero-order valence-electron chi connectivity index (χ0n) is 17.7. The number of thioether (sulfide) groups is 1. The van der Waals surface area contributed by atoms with E-state index in [0.717, 1.165) is 9.90 Å². The molecule has 2 aromatic rings. The van der Waals surface area contributed by atoms with E-state index in [1.54, 1.807) is 12.1 Å². The molecule has 1 aliphatic rings. The van der Waals surface area contributed by atoms with E-state index in [-0.39, 0.29) is 11.2 Å². The monoisotopic (exact) mass is 425 g/mol. The fourth-order valence-electron chi connectivity index (χ4n) is 3.40. The fourth-order valence-corrected chi connectivity index (χ4v) is 4.09. The van der Waals surface area contributed by atoms with Crippen LogP contribution in [-0.2, 0) is 20.5 Å². The van der Waals surface area contributed by atoms with Crippen LogP contribution in [0.5, 0.6) is 0 Å². The number of carbonyl (C=O) groups excluding carboxylic acids is 3. The first-order valence-corrected chi connectivity index (χ1v) is 10.9. The second-order valence-electron chi connectivity index (χ2n) is 8.29. The van der Waals surface area contributed by atoms with Crippen molar-refractivity contribution in [3.63, 3.8) is 0 Å². The minimum Gasteiger partial charge on any atom is -0.318 e. The van der Waals surface area contributed by atoms with Crippen LogP contribution in [0.2, 0.25) is 0 Å². The molecule has 7 heteroatoms. The van der Waals surface area contributed by atoms with Gasteiger partial charge in [0.15, 0.2) is 0 Å². The highest BCUT2D eigenvalue weighted by Crippen LogP contribution is 2.31. The predicted molar refractivity (Wildman–Crippen MR) is 118 cm³/mol. The average Bonchev–Trinajstić information content (AvgIpc) is 2.97. The van der Waals surface area contributed by atoms with Gasteiger partial charge in [-0.05, 0) is 35.1 Å². The Hall–Kier alpha value is -2.80. The summed E-state index contributed by atoms with van der Waals surface area (Å²) < 4.78 is 0. The molecule has 0 unspecified atom stereocenters. The second kappa shape index (κ2) is 8.52. The maximum Gasteiger partial charge on any atom is 0.344 e. The van der Waals surface area contributed by atoms with Crippen LogP contribution < -0.4 is 10.7 Å². The van der Waals surface area contributed by atoms with Gasteiger partial charge < -0.3 is 5.32 Å². The molecule has 4 amide bonds. The van der Waals surface area contributed by atoms with Crippen molar-refractivity contribution in [2.75, 3.05) is 5.75 Å². The van der Waals surface area contributed by atoms with E-state index in [9.17, 15) is 14.4 Å². The minimum atomic E-state index is -1.17. The first kappa shape index (κ1) is 21.9. The zero-order valence-corrected chi connectivity index (χ0v) is 18.5. The van der Waals surface area contributed by atoms with Crippen LogP contribution in [-0.4, -0.2) is 28.6 Å². The van der Waals surface area contributed by atoms with Crippen molar-refractivity contribution in [2.24, 2.45) is 0 Å². The lowest BCUT2D eigenvalue weighted by Crippen LogP contribution is -2.49. The molecule has 158 valence electrons. The van der Waals surface area contributed by atoms with Crippen LogP contribution in [0, 0.1) is 0 Å². The molecule has 1 heterocycles. The van der Waals surface area contributed by atoms with Crippen LogP contribution in [0.4, 0.5) is 4.79 Å². The Bertz CT molecular complexity index is 938. The Morgan fingerprint density at radius 3 is 2.27 bits per heavy atom. The maximum atomic E-state index is 13.0. The normalized spacial score (nSPS) is 19.0. The van der Waals surface area contributed by atoms with E-state index in [1.165, 1.54) is 17.3 Å². The van der Waals surface area contributed by atoms with E-state index in [4.69, 9.17) is 0 Å². The lowest BCUT2D eigenvalue weighted by atomic mass is 9.87. The van der Waals surface area contributed by atoms with E-state index in [2.05, 4.69) is 31.5 Å². The van der Waals surface area contributed by atoms with Gasteiger partial charge in [0.1, 0.15) is 5.54 Å². The molecule has 0 saturated carbocycles. The first-order valence-electron chi connectivity index (χ1n) is 9.92. The van der Waals surface area contributed by atoms with Gasteiger partial charge >= 0.3 is 6.03 Å². The summed E-state index contributed by atoms with van der Waals surface area (Å²) in [6.07, 6.45) is 0.378. The van der Waals surface area contributed by atoms with Crippen molar-refractivity contribution in [1.29, 1.82) is 0 Å². The number of urea groups is 1. The van der Waals surface area contributed by atoms with Gasteiger partial charge in [0.25, 0.3) is 5.91 Å². The number of carbonyl (C=O) groups is 3. The summed E-state index contributed by atoms with van der Waals surface area (Å²) in [4.78, 5) is 38.8. The minimum absolute atomic E-state index is 0.0641. The highest BCUT2D eigenvalue weighted by molar-refractivity contribution is 8.00. The van der Waals surface area contributed by atoms with E-state index < -0.39 is 23.4 Å². The molecular formula is C23H27N3O3S. The van der Waals surface area contributed by atoms with Crippen molar-refractivity contribution in [3.8, 4) is 0 Å². The van der Waals surface area contributed by atoms with Gasteiger partial charge in [-0.25, -0.2) is 4.79 Å². The predicted octanol–water partition coefficient (Wildman–Crippen LogP) is 3.96. The van der Waals surface area contributed by atoms with Crippen molar-refractivity contribution in [2.45, 2.75) is 50.0 Å². The Morgan fingerprint density at radius 2 is 1.70 bits per heavy atom. The van der Waals surface area contributed by atoms with Crippen LogP contribution in [0.3, 0.4) is 0 Å². The molecule has 30 heavy (non-hydrogen) atoms. The Morgan fingerprint density at radius 1 is 1.07 bits per heavy atom. The second-order valence-corrected chi connectivity index (χ2v) is 9.34. The molecule has 1 fully saturated rings. The van der Waals surface area contributed by atoms with Gasteiger partial charge in [0, 0.05) is 4.90 Å². The summed E-state index contributed by atoms with van der Waals surface area (Å²) in [5.74, 6) is -0.798. The molecule has 0 bridgehead atoms. The van der Waals surface area contributed by atoms with Crippen LogP contribution in [0.15, 0.2) is 59.5 Å². The summed E-state index contributed by atoms with van der Waals surface area (Å²) >= 11 is 1.35. The molecule has 1 aliphatic heterocycles. The van der Waals surface area contributed by atoms with Crippen LogP contribution in [0.25, 0.3) is 0 Å². The number of nitrogens with one attached hydrogen (secondary N) is 2. The molecule has 6 nitrogen and oxygen atoms in total. The smallest absolute Gasteiger partial charge is 0.318 e. The van der Waals surface area contributed by atoms with Crippen molar-refractivity contribution in [1.82, 2.24) is 15.8 Å². The fraction of sp³-hybridized carbons (Fsp3) is 0.348. The Labute approximate surface area is 181 Å². The maximum absolute atomic E-state index is 13.0. The van der Waals surface area contributed by atoms with Gasteiger partial charge in [-0.2, -0.15) is 5.01 Å². The zero-order chi connectivity index (χ0) is 21.9. The number of rotatable bonds is 6. The van der Waals surface area contributed by atoms with E-state index in [1.807, 2.05) is 49.4 Å². The molecule has 1 saturated heterocycles. The number of hydrogen-bond acceptors (Lipinski definition) is 4. The van der Waals surface area contributed by atoms with Crippen molar-refractivity contribution < 1.29 is 14.4 Å². The number of nitrogens with zero attached hydrogens (tertiary/aromatic N) is 1. The molecule has 1 atom stereocenters. The number of hydrazine groups is 1. The van der Waals surface area contributed by atoms with Gasteiger partial charge in [-0.1, -0.05) is 70.2 Å². The molecular weight excluding hydrogens is 398 g/mol. The quantitative estimate of drug-likeness (QED) is 0.542. The number of benzene rings is 2. The number of amides is 4. The first-order chi connectivity index (χ1) is 14.2. The molecule has 0 aliphatic carbocycles. The largest absolute Gasteiger partial charge is 0.344 e. The SMILES string of the molecule is CC[C@]1(c2ccccc2)NC(=O)N(NC(=O)CSc2ccc(C(C)(C)C)cc2)C1=O. The summed E-state index contributed by atoms with van der Waals surface area (Å²) in [5, 5.41) is 3.54. The number of hydrogen-bond donors (Lipinski definition) is 2. The molecule has 2 N–H and O–H groups in total.